The maximum atomic E-state index is 12.5. The predicted molar refractivity (Wildman–Crippen MR) is 80.2 cm³/mol. The van der Waals surface area contributed by atoms with E-state index < -0.39 is 5.97 Å². The molecule has 0 aromatic heterocycles. The Morgan fingerprint density at radius 3 is 2.76 bits per heavy atom. The molecule has 0 radical (unpaired) electrons. The second-order valence-corrected chi connectivity index (χ2v) is 6.37. The van der Waals surface area contributed by atoms with E-state index in [1.54, 1.807) is 4.90 Å². The molecule has 0 aliphatic carbocycles. The summed E-state index contributed by atoms with van der Waals surface area (Å²) in [6.45, 7) is 6.67. The summed E-state index contributed by atoms with van der Waals surface area (Å²) < 4.78 is 0. The number of carboxylic acids is 1. The minimum Gasteiger partial charge on any atom is -0.481 e. The van der Waals surface area contributed by atoms with Crippen LogP contribution in [-0.2, 0) is 4.79 Å². The first-order chi connectivity index (χ1) is 9.99. The highest BCUT2D eigenvalue weighted by Crippen LogP contribution is 2.28. The van der Waals surface area contributed by atoms with E-state index in [1.807, 2.05) is 13.8 Å². The number of aliphatic carboxylic acids is 1. The Balaban J connectivity index is 1.85. The Labute approximate surface area is 126 Å². The van der Waals surface area contributed by atoms with Crippen molar-refractivity contribution in [1.29, 1.82) is 0 Å². The van der Waals surface area contributed by atoms with Crippen LogP contribution in [0.5, 0.6) is 0 Å². The minimum absolute atomic E-state index is 0.0471. The molecule has 2 fully saturated rings. The zero-order chi connectivity index (χ0) is 15.4. The SMILES string of the molecule is CC(C)N(CCCC(=O)O)C(=O)NC1CCN2CCCC12. The molecule has 2 saturated heterocycles. The smallest absolute Gasteiger partial charge is 0.317 e. The van der Waals surface area contributed by atoms with Crippen LogP contribution in [0.25, 0.3) is 0 Å². The number of carboxylic acid groups (broad SMARTS) is 1. The molecular weight excluding hydrogens is 270 g/mol. The summed E-state index contributed by atoms with van der Waals surface area (Å²) in [5, 5.41) is 11.9. The molecule has 2 atom stereocenters. The Hall–Kier alpha value is -1.30. The van der Waals surface area contributed by atoms with Crippen molar-refractivity contribution in [3.8, 4) is 0 Å². The molecule has 6 heteroatoms. The topological polar surface area (TPSA) is 72.9 Å². The van der Waals surface area contributed by atoms with Crippen molar-refractivity contribution in [2.75, 3.05) is 19.6 Å². The van der Waals surface area contributed by atoms with Gasteiger partial charge in [-0.2, -0.15) is 0 Å². The lowest BCUT2D eigenvalue weighted by atomic mass is 10.1. The predicted octanol–water partition coefficient (Wildman–Crippen LogP) is 1.51. The van der Waals surface area contributed by atoms with E-state index in [4.69, 9.17) is 5.11 Å². The fraction of sp³-hybridized carbons (Fsp3) is 0.867. The molecule has 120 valence electrons. The number of rotatable bonds is 6. The van der Waals surface area contributed by atoms with Gasteiger partial charge in [0.2, 0.25) is 0 Å². The van der Waals surface area contributed by atoms with Crippen molar-refractivity contribution in [2.24, 2.45) is 0 Å². The van der Waals surface area contributed by atoms with Crippen LogP contribution in [0.1, 0.15) is 46.0 Å². The molecular formula is C15H27N3O3. The first-order valence-electron chi connectivity index (χ1n) is 8.02. The summed E-state index contributed by atoms with van der Waals surface area (Å²) in [4.78, 5) is 27.3. The normalized spacial score (nSPS) is 25.1. The van der Waals surface area contributed by atoms with Gasteiger partial charge in [0.1, 0.15) is 0 Å². The van der Waals surface area contributed by atoms with Gasteiger partial charge < -0.3 is 15.3 Å². The molecule has 2 aliphatic rings. The van der Waals surface area contributed by atoms with Gasteiger partial charge in [0, 0.05) is 37.6 Å². The van der Waals surface area contributed by atoms with Gasteiger partial charge in [0.15, 0.2) is 0 Å². The number of nitrogens with zero attached hydrogens (tertiary/aromatic N) is 2. The zero-order valence-corrected chi connectivity index (χ0v) is 13.0. The second-order valence-electron chi connectivity index (χ2n) is 6.37. The van der Waals surface area contributed by atoms with Crippen molar-refractivity contribution in [2.45, 2.75) is 64.1 Å². The van der Waals surface area contributed by atoms with E-state index in [0.29, 0.717) is 19.0 Å². The highest BCUT2D eigenvalue weighted by molar-refractivity contribution is 5.75. The van der Waals surface area contributed by atoms with Crippen molar-refractivity contribution in [1.82, 2.24) is 15.1 Å². The van der Waals surface area contributed by atoms with Crippen LogP contribution in [0.4, 0.5) is 4.79 Å². The number of fused-ring (bicyclic) bond motifs is 1. The standard InChI is InChI=1S/C15H27N3O3/c1-11(2)18(9-4-6-14(19)20)15(21)16-12-7-10-17-8-3-5-13(12)17/h11-13H,3-10H2,1-2H3,(H,16,21)(H,19,20). The van der Waals surface area contributed by atoms with Gasteiger partial charge in [-0.05, 0) is 46.1 Å². The van der Waals surface area contributed by atoms with E-state index in [1.165, 1.54) is 12.8 Å². The Bertz CT molecular complexity index is 386. The quantitative estimate of drug-likeness (QED) is 0.779. The molecule has 2 amide bonds. The highest BCUT2D eigenvalue weighted by atomic mass is 16.4. The van der Waals surface area contributed by atoms with E-state index >= 15 is 0 Å². The van der Waals surface area contributed by atoms with Gasteiger partial charge in [-0.15, -0.1) is 0 Å². The third-order valence-electron chi connectivity index (χ3n) is 4.59. The molecule has 2 unspecified atom stereocenters. The van der Waals surface area contributed by atoms with Gasteiger partial charge in [-0.25, -0.2) is 4.79 Å². The number of hydrogen-bond acceptors (Lipinski definition) is 3. The van der Waals surface area contributed by atoms with Gasteiger partial charge in [0.05, 0.1) is 0 Å². The van der Waals surface area contributed by atoms with Crippen LogP contribution in [0.3, 0.4) is 0 Å². The first-order valence-corrected chi connectivity index (χ1v) is 8.02. The summed E-state index contributed by atoms with van der Waals surface area (Å²) in [6.07, 6.45) is 4.03. The zero-order valence-electron chi connectivity index (χ0n) is 13.0. The highest BCUT2D eigenvalue weighted by Gasteiger charge is 2.38. The third-order valence-corrected chi connectivity index (χ3v) is 4.59. The van der Waals surface area contributed by atoms with Gasteiger partial charge in [-0.3, -0.25) is 9.69 Å². The summed E-state index contributed by atoms with van der Waals surface area (Å²) in [6, 6.07) is 0.789. The molecule has 21 heavy (non-hydrogen) atoms. The maximum absolute atomic E-state index is 12.5. The van der Waals surface area contributed by atoms with Crippen LogP contribution in [-0.4, -0.2) is 64.7 Å². The van der Waals surface area contributed by atoms with E-state index in [-0.39, 0.29) is 24.5 Å². The van der Waals surface area contributed by atoms with Gasteiger partial charge >= 0.3 is 12.0 Å². The number of amides is 2. The molecule has 2 heterocycles. The average Bonchev–Trinajstić information content (AvgIpc) is 2.98. The summed E-state index contributed by atoms with van der Waals surface area (Å²) in [7, 11) is 0. The Morgan fingerprint density at radius 2 is 2.10 bits per heavy atom. The van der Waals surface area contributed by atoms with Crippen LogP contribution >= 0.6 is 0 Å². The Kier molecular flexibility index (Phi) is 5.45. The van der Waals surface area contributed by atoms with E-state index in [0.717, 1.165) is 19.5 Å². The van der Waals surface area contributed by atoms with Gasteiger partial charge in [-0.1, -0.05) is 0 Å². The lowest BCUT2D eigenvalue weighted by Gasteiger charge is -2.30. The fourth-order valence-electron chi connectivity index (χ4n) is 3.49. The molecule has 6 nitrogen and oxygen atoms in total. The fourth-order valence-corrected chi connectivity index (χ4v) is 3.49. The van der Waals surface area contributed by atoms with E-state index in [2.05, 4.69) is 10.2 Å². The number of carbonyl (C=O) groups is 2. The molecule has 0 bridgehead atoms. The number of carbonyl (C=O) groups excluding carboxylic acids is 1. The molecule has 2 rings (SSSR count). The lowest BCUT2D eigenvalue weighted by Crippen LogP contribution is -2.50. The van der Waals surface area contributed by atoms with Crippen LogP contribution in [0.2, 0.25) is 0 Å². The van der Waals surface area contributed by atoms with Crippen LogP contribution in [0, 0.1) is 0 Å². The second kappa shape index (κ2) is 7.11. The lowest BCUT2D eigenvalue weighted by molar-refractivity contribution is -0.137. The van der Waals surface area contributed by atoms with Crippen molar-refractivity contribution in [3.63, 3.8) is 0 Å². The Morgan fingerprint density at radius 1 is 1.33 bits per heavy atom. The van der Waals surface area contributed by atoms with Crippen molar-refractivity contribution in [3.05, 3.63) is 0 Å². The van der Waals surface area contributed by atoms with E-state index in [9.17, 15) is 9.59 Å². The molecule has 0 saturated carbocycles. The number of nitrogens with one attached hydrogen (secondary N) is 1. The molecule has 2 N–H and O–H groups in total. The van der Waals surface area contributed by atoms with Crippen molar-refractivity contribution < 1.29 is 14.7 Å². The van der Waals surface area contributed by atoms with Crippen LogP contribution < -0.4 is 5.32 Å². The molecule has 2 aliphatic heterocycles. The summed E-state index contributed by atoms with van der Waals surface area (Å²) in [5.41, 5.74) is 0. The summed E-state index contributed by atoms with van der Waals surface area (Å²) >= 11 is 0. The largest absolute Gasteiger partial charge is 0.481 e. The number of hydrogen-bond donors (Lipinski definition) is 2. The minimum atomic E-state index is -0.809. The molecule has 0 aromatic rings. The van der Waals surface area contributed by atoms with Crippen LogP contribution in [0.15, 0.2) is 0 Å². The number of urea groups is 1. The van der Waals surface area contributed by atoms with Gasteiger partial charge in [0.25, 0.3) is 0 Å². The summed E-state index contributed by atoms with van der Waals surface area (Å²) in [5.74, 6) is -0.809. The maximum Gasteiger partial charge on any atom is 0.317 e. The van der Waals surface area contributed by atoms with Crippen molar-refractivity contribution >= 4 is 12.0 Å². The average molecular weight is 297 g/mol. The first kappa shape index (κ1) is 16.1. The molecule has 0 aromatic carbocycles. The monoisotopic (exact) mass is 297 g/mol. The third kappa shape index (κ3) is 4.09. The molecule has 0 spiro atoms.